The second-order valence-electron chi connectivity index (χ2n) is 4.09. The number of thiophene rings is 1. The predicted molar refractivity (Wildman–Crippen MR) is 84.7 cm³/mol. The fourth-order valence-corrected chi connectivity index (χ4v) is 4.04. The van der Waals surface area contributed by atoms with Crippen LogP contribution >= 0.6 is 34.4 Å². The Morgan fingerprint density at radius 1 is 1.55 bits per heavy atom. The third-order valence-electron chi connectivity index (χ3n) is 2.55. The Kier molecular flexibility index (Phi) is 6.03. The molecule has 1 atom stereocenters. The number of thioether (sulfide) groups is 1. The molecule has 1 unspecified atom stereocenters. The minimum absolute atomic E-state index is 0.00135. The first-order chi connectivity index (χ1) is 9.69. The predicted octanol–water partition coefficient (Wildman–Crippen LogP) is 3.11. The first-order valence-corrected chi connectivity index (χ1v) is 8.81. The number of hydrogen-bond donors (Lipinski definition) is 1. The molecule has 4 nitrogen and oxygen atoms in total. The van der Waals surface area contributed by atoms with E-state index >= 15 is 0 Å². The lowest BCUT2D eigenvalue weighted by atomic mass is 10.3. The molecule has 1 N–H and O–H groups in total. The summed E-state index contributed by atoms with van der Waals surface area (Å²) in [7, 11) is 1.66. The van der Waals surface area contributed by atoms with Crippen molar-refractivity contribution in [2.45, 2.75) is 17.4 Å². The van der Waals surface area contributed by atoms with Gasteiger partial charge in [-0.3, -0.25) is 4.79 Å². The maximum Gasteiger partial charge on any atom is 0.230 e. The Morgan fingerprint density at radius 3 is 3.00 bits per heavy atom. The highest BCUT2D eigenvalue weighted by Gasteiger charge is 2.13. The average Bonchev–Trinajstić information content (AvgIpc) is 3.09. The average molecular weight is 328 g/mol. The van der Waals surface area contributed by atoms with Crippen molar-refractivity contribution in [2.24, 2.45) is 0 Å². The maximum absolute atomic E-state index is 11.8. The largest absolute Gasteiger partial charge is 0.374 e. The van der Waals surface area contributed by atoms with Crippen molar-refractivity contribution < 1.29 is 9.53 Å². The van der Waals surface area contributed by atoms with E-state index in [-0.39, 0.29) is 12.0 Å². The standard InChI is InChI=1S/C13H16N2O2S3/c1-9-7-19-13(15-9)20-8-12(16)14-6-10(17-2)11-4-3-5-18-11/h3-5,7,10H,6,8H2,1-2H3,(H,14,16). The molecule has 1 amide bonds. The van der Waals surface area contributed by atoms with E-state index in [1.807, 2.05) is 29.8 Å². The minimum Gasteiger partial charge on any atom is -0.374 e. The van der Waals surface area contributed by atoms with Gasteiger partial charge in [0.2, 0.25) is 5.91 Å². The molecule has 2 aromatic heterocycles. The summed E-state index contributed by atoms with van der Waals surface area (Å²) in [5.74, 6) is 0.384. The van der Waals surface area contributed by atoms with E-state index in [2.05, 4.69) is 10.3 Å². The molecule has 0 aromatic carbocycles. The van der Waals surface area contributed by atoms with E-state index in [1.165, 1.54) is 11.8 Å². The zero-order chi connectivity index (χ0) is 14.4. The van der Waals surface area contributed by atoms with Gasteiger partial charge in [0.05, 0.1) is 5.75 Å². The van der Waals surface area contributed by atoms with E-state index in [1.54, 1.807) is 29.8 Å². The van der Waals surface area contributed by atoms with Crippen molar-refractivity contribution in [1.29, 1.82) is 0 Å². The van der Waals surface area contributed by atoms with Crippen LogP contribution in [-0.4, -0.2) is 30.3 Å². The van der Waals surface area contributed by atoms with Gasteiger partial charge in [0, 0.05) is 29.6 Å². The molecule has 2 aromatic rings. The third kappa shape index (κ3) is 4.59. The summed E-state index contributed by atoms with van der Waals surface area (Å²) in [6.07, 6.45) is -0.0777. The first kappa shape index (κ1) is 15.5. The van der Waals surface area contributed by atoms with Gasteiger partial charge < -0.3 is 10.1 Å². The van der Waals surface area contributed by atoms with Gasteiger partial charge in [-0.25, -0.2) is 4.98 Å². The fraction of sp³-hybridized carbons (Fsp3) is 0.385. The second kappa shape index (κ2) is 7.78. The van der Waals surface area contributed by atoms with Crippen LogP contribution in [0.2, 0.25) is 0 Å². The molecule has 20 heavy (non-hydrogen) atoms. The van der Waals surface area contributed by atoms with Crippen molar-refractivity contribution in [3.63, 3.8) is 0 Å². The van der Waals surface area contributed by atoms with Crippen molar-refractivity contribution in [3.8, 4) is 0 Å². The lowest BCUT2D eigenvalue weighted by Gasteiger charge is -2.14. The van der Waals surface area contributed by atoms with Crippen molar-refractivity contribution in [3.05, 3.63) is 33.5 Å². The molecule has 0 bridgehead atoms. The number of thiazole rings is 1. The van der Waals surface area contributed by atoms with Crippen LogP contribution in [-0.2, 0) is 9.53 Å². The number of aryl methyl sites for hydroxylation is 1. The lowest BCUT2D eigenvalue weighted by Crippen LogP contribution is -2.30. The third-order valence-corrected chi connectivity index (χ3v) is 5.66. The first-order valence-electron chi connectivity index (χ1n) is 6.07. The SMILES string of the molecule is COC(CNC(=O)CSc1nc(C)cs1)c1cccs1. The van der Waals surface area contributed by atoms with Crippen molar-refractivity contribution in [2.75, 3.05) is 19.4 Å². The Hall–Kier alpha value is -0.890. The summed E-state index contributed by atoms with van der Waals surface area (Å²) >= 11 is 4.66. The van der Waals surface area contributed by atoms with Gasteiger partial charge in [-0.05, 0) is 18.4 Å². The highest BCUT2D eigenvalue weighted by atomic mass is 32.2. The van der Waals surface area contributed by atoms with Crippen LogP contribution in [0.1, 0.15) is 16.7 Å². The summed E-state index contributed by atoms with van der Waals surface area (Å²) in [5.41, 5.74) is 0.995. The molecule has 0 saturated heterocycles. The number of carbonyl (C=O) groups excluding carboxylic acids is 1. The Morgan fingerprint density at radius 2 is 2.40 bits per heavy atom. The Labute approximate surface area is 130 Å². The topological polar surface area (TPSA) is 51.2 Å². The number of ether oxygens (including phenoxy) is 1. The molecule has 2 heterocycles. The Balaban J connectivity index is 1.74. The number of aromatic nitrogens is 1. The highest BCUT2D eigenvalue weighted by Crippen LogP contribution is 2.23. The normalized spacial score (nSPS) is 12.3. The monoisotopic (exact) mass is 328 g/mol. The maximum atomic E-state index is 11.8. The molecule has 0 spiro atoms. The Bertz CT molecular complexity index is 540. The smallest absolute Gasteiger partial charge is 0.230 e. The van der Waals surface area contributed by atoms with E-state index in [0.717, 1.165) is 14.9 Å². The van der Waals surface area contributed by atoms with Gasteiger partial charge in [0.25, 0.3) is 0 Å². The van der Waals surface area contributed by atoms with Crippen LogP contribution in [0.3, 0.4) is 0 Å². The lowest BCUT2D eigenvalue weighted by molar-refractivity contribution is -0.119. The van der Waals surface area contributed by atoms with Crippen LogP contribution in [0.5, 0.6) is 0 Å². The number of hydrogen-bond acceptors (Lipinski definition) is 6. The number of methoxy groups -OCH3 is 1. The van der Waals surface area contributed by atoms with Gasteiger partial charge in [0.15, 0.2) is 4.34 Å². The van der Waals surface area contributed by atoms with Crippen molar-refractivity contribution >= 4 is 40.3 Å². The van der Waals surface area contributed by atoms with Gasteiger partial charge in [0.1, 0.15) is 6.10 Å². The molecular weight excluding hydrogens is 312 g/mol. The summed E-state index contributed by atoms with van der Waals surface area (Å²) in [4.78, 5) is 17.2. The number of carbonyl (C=O) groups is 1. The fourth-order valence-electron chi connectivity index (χ4n) is 1.56. The number of nitrogens with zero attached hydrogens (tertiary/aromatic N) is 1. The zero-order valence-electron chi connectivity index (χ0n) is 11.3. The molecule has 0 aliphatic carbocycles. The quantitative estimate of drug-likeness (QED) is 0.794. The van der Waals surface area contributed by atoms with E-state index in [4.69, 9.17) is 4.74 Å². The van der Waals surface area contributed by atoms with Gasteiger partial charge >= 0.3 is 0 Å². The van der Waals surface area contributed by atoms with E-state index < -0.39 is 0 Å². The number of rotatable bonds is 7. The molecule has 108 valence electrons. The van der Waals surface area contributed by atoms with Gasteiger partial charge in [-0.2, -0.15) is 0 Å². The molecule has 0 fully saturated rings. The highest BCUT2D eigenvalue weighted by molar-refractivity contribution is 8.01. The van der Waals surface area contributed by atoms with Crippen LogP contribution in [0.4, 0.5) is 0 Å². The summed E-state index contributed by atoms with van der Waals surface area (Å²) in [6, 6.07) is 3.99. The van der Waals surface area contributed by atoms with Crippen LogP contribution in [0, 0.1) is 6.92 Å². The van der Waals surface area contributed by atoms with Crippen LogP contribution in [0.15, 0.2) is 27.2 Å². The number of amides is 1. The van der Waals surface area contributed by atoms with Gasteiger partial charge in [-0.1, -0.05) is 17.8 Å². The van der Waals surface area contributed by atoms with E-state index in [9.17, 15) is 4.79 Å². The molecule has 0 aliphatic heterocycles. The molecule has 2 rings (SSSR count). The zero-order valence-corrected chi connectivity index (χ0v) is 13.7. The van der Waals surface area contributed by atoms with Crippen LogP contribution < -0.4 is 5.32 Å². The summed E-state index contributed by atoms with van der Waals surface area (Å²) < 4.78 is 6.32. The summed E-state index contributed by atoms with van der Waals surface area (Å²) in [5, 5.41) is 6.89. The second-order valence-corrected chi connectivity index (χ2v) is 7.15. The molecule has 0 aliphatic rings. The number of nitrogens with one attached hydrogen (secondary N) is 1. The van der Waals surface area contributed by atoms with Crippen molar-refractivity contribution in [1.82, 2.24) is 10.3 Å². The molecular formula is C13H16N2O2S3. The van der Waals surface area contributed by atoms with E-state index in [0.29, 0.717) is 12.3 Å². The molecule has 0 saturated carbocycles. The minimum atomic E-state index is -0.0777. The molecule has 7 heteroatoms. The van der Waals surface area contributed by atoms with Gasteiger partial charge in [-0.15, -0.1) is 22.7 Å². The summed E-state index contributed by atoms with van der Waals surface area (Å²) in [6.45, 7) is 2.44. The van der Waals surface area contributed by atoms with Crippen LogP contribution in [0.25, 0.3) is 0 Å². The molecule has 0 radical (unpaired) electrons.